The van der Waals surface area contributed by atoms with E-state index < -0.39 is 0 Å². The van der Waals surface area contributed by atoms with E-state index in [0.717, 1.165) is 23.8 Å². The fraction of sp³-hybridized carbons (Fsp3) is 0.360. The van der Waals surface area contributed by atoms with E-state index in [1.807, 2.05) is 48.5 Å². The van der Waals surface area contributed by atoms with Crippen molar-refractivity contribution in [3.8, 4) is 0 Å². The van der Waals surface area contributed by atoms with Gasteiger partial charge in [0, 0.05) is 17.1 Å². The van der Waals surface area contributed by atoms with Crippen LogP contribution in [0.2, 0.25) is 0 Å². The molecular weight excluding hydrogens is 376 g/mol. The van der Waals surface area contributed by atoms with Crippen molar-refractivity contribution >= 4 is 28.5 Å². The zero-order valence-electron chi connectivity index (χ0n) is 17.3. The van der Waals surface area contributed by atoms with E-state index in [2.05, 4.69) is 17.6 Å². The van der Waals surface area contributed by atoms with Crippen LogP contribution in [0.4, 0.5) is 5.69 Å². The van der Waals surface area contributed by atoms with Crippen LogP contribution >= 0.6 is 0 Å². The molecule has 2 atom stereocenters. The third kappa shape index (κ3) is 4.73. The first-order valence-corrected chi connectivity index (χ1v) is 10.8. The van der Waals surface area contributed by atoms with Gasteiger partial charge >= 0.3 is 0 Å². The number of nitrogens with one attached hydrogen (secondary N) is 2. The summed E-state index contributed by atoms with van der Waals surface area (Å²) in [6.45, 7) is 2.20. The van der Waals surface area contributed by atoms with Crippen LogP contribution < -0.4 is 10.6 Å². The number of anilines is 1. The summed E-state index contributed by atoms with van der Waals surface area (Å²) in [6.07, 6.45) is 6.22. The second-order valence-electron chi connectivity index (χ2n) is 8.10. The highest BCUT2D eigenvalue weighted by atomic mass is 16.3. The average Bonchev–Trinajstić information content (AvgIpc) is 3.20. The van der Waals surface area contributed by atoms with Gasteiger partial charge in [-0.25, -0.2) is 0 Å². The van der Waals surface area contributed by atoms with E-state index in [1.165, 1.54) is 19.3 Å². The minimum absolute atomic E-state index is 0.0689. The molecule has 30 heavy (non-hydrogen) atoms. The van der Waals surface area contributed by atoms with Crippen LogP contribution in [0.1, 0.15) is 55.1 Å². The van der Waals surface area contributed by atoms with Gasteiger partial charge in [-0.1, -0.05) is 56.5 Å². The van der Waals surface area contributed by atoms with Crippen molar-refractivity contribution in [3.63, 3.8) is 0 Å². The van der Waals surface area contributed by atoms with Crippen molar-refractivity contribution in [1.29, 1.82) is 0 Å². The largest absolute Gasteiger partial charge is 0.451 e. The van der Waals surface area contributed by atoms with Crippen LogP contribution in [-0.2, 0) is 11.2 Å². The topological polar surface area (TPSA) is 71.3 Å². The molecule has 1 fully saturated rings. The van der Waals surface area contributed by atoms with Crippen LogP contribution in [0.3, 0.4) is 0 Å². The van der Waals surface area contributed by atoms with E-state index in [-0.39, 0.29) is 17.6 Å². The summed E-state index contributed by atoms with van der Waals surface area (Å²) < 4.78 is 5.60. The third-order valence-electron chi connectivity index (χ3n) is 6.01. The highest BCUT2D eigenvalue weighted by molar-refractivity contribution is 6.04. The molecule has 5 heteroatoms. The van der Waals surface area contributed by atoms with Crippen LogP contribution in [-0.4, -0.2) is 17.9 Å². The summed E-state index contributed by atoms with van der Waals surface area (Å²) in [5.74, 6) is 0.648. The van der Waals surface area contributed by atoms with Crippen LogP contribution in [0, 0.1) is 5.92 Å². The van der Waals surface area contributed by atoms with Gasteiger partial charge in [-0.2, -0.15) is 0 Å². The predicted molar refractivity (Wildman–Crippen MR) is 118 cm³/mol. The van der Waals surface area contributed by atoms with E-state index in [0.29, 0.717) is 29.7 Å². The van der Waals surface area contributed by atoms with Gasteiger partial charge in [0.2, 0.25) is 5.91 Å². The molecule has 2 N–H and O–H groups in total. The Morgan fingerprint density at radius 2 is 1.80 bits per heavy atom. The van der Waals surface area contributed by atoms with Gasteiger partial charge in [0.05, 0.1) is 6.42 Å². The molecule has 1 saturated carbocycles. The summed E-state index contributed by atoms with van der Waals surface area (Å²) in [6, 6.07) is 17.0. The summed E-state index contributed by atoms with van der Waals surface area (Å²) >= 11 is 0. The molecule has 0 spiro atoms. The molecule has 1 heterocycles. The Hall–Kier alpha value is -3.08. The molecule has 4 rings (SSSR count). The van der Waals surface area contributed by atoms with Gasteiger partial charge in [0.25, 0.3) is 5.91 Å². The van der Waals surface area contributed by atoms with Gasteiger partial charge in [-0.05, 0) is 48.6 Å². The number of rotatable bonds is 6. The van der Waals surface area contributed by atoms with E-state index >= 15 is 0 Å². The minimum Gasteiger partial charge on any atom is -0.451 e. The predicted octanol–water partition coefficient (Wildman–Crippen LogP) is 5.31. The Morgan fingerprint density at radius 3 is 2.57 bits per heavy atom. The van der Waals surface area contributed by atoms with Gasteiger partial charge in [-0.3, -0.25) is 9.59 Å². The number of carbonyl (C=O) groups is 2. The zero-order chi connectivity index (χ0) is 20.9. The molecule has 3 aromatic rings. The lowest BCUT2D eigenvalue weighted by molar-refractivity contribution is -0.121. The van der Waals surface area contributed by atoms with E-state index in [9.17, 15) is 9.59 Å². The summed E-state index contributed by atoms with van der Waals surface area (Å²) in [7, 11) is 0. The molecule has 2 amide bonds. The van der Waals surface area contributed by atoms with Gasteiger partial charge < -0.3 is 15.1 Å². The monoisotopic (exact) mass is 404 g/mol. The summed E-state index contributed by atoms with van der Waals surface area (Å²) in [5, 5.41) is 6.97. The fourth-order valence-electron chi connectivity index (χ4n) is 4.32. The first kappa shape index (κ1) is 20.2. The molecule has 0 bridgehead atoms. The second-order valence-corrected chi connectivity index (χ2v) is 8.10. The normalized spacial score (nSPS) is 18.8. The summed E-state index contributed by atoms with van der Waals surface area (Å²) in [4.78, 5) is 24.9. The van der Waals surface area contributed by atoms with Crippen molar-refractivity contribution in [1.82, 2.24) is 5.32 Å². The summed E-state index contributed by atoms with van der Waals surface area (Å²) in [5.41, 5.74) is 2.29. The molecule has 5 nitrogen and oxygen atoms in total. The van der Waals surface area contributed by atoms with Gasteiger partial charge in [0.15, 0.2) is 5.76 Å². The molecule has 0 aliphatic heterocycles. The number of hydrogen-bond acceptors (Lipinski definition) is 3. The number of benzene rings is 2. The van der Waals surface area contributed by atoms with Crippen molar-refractivity contribution in [3.05, 3.63) is 65.9 Å². The number of para-hydroxylation sites is 1. The van der Waals surface area contributed by atoms with Crippen LogP contribution in [0.15, 0.2) is 59.0 Å². The molecule has 1 aromatic heterocycles. The average molecular weight is 405 g/mol. The molecule has 1 aliphatic rings. The molecule has 0 saturated heterocycles. The molecular formula is C25H28N2O3. The Morgan fingerprint density at radius 1 is 1.03 bits per heavy atom. The first-order valence-electron chi connectivity index (χ1n) is 10.8. The molecule has 2 unspecified atom stereocenters. The van der Waals surface area contributed by atoms with Crippen molar-refractivity contribution < 1.29 is 14.0 Å². The quantitative estimate of drug-likeness (QED) is 0.585. The van der Waals surface area contributed by atoms with Gasteiger partial charge in [0.1, 0.15) is 5.58 Å². The Kier molecular flexibility index (Phi) is 6.17. The van der Waals surface area contributed by atoms with E-state index in [4.69, 9.17) is 4.42 Å². The lowest BCUT2D eigenvalue weighted by Crippen LogP contribution is -2.42. The van der Waals surface area contributed by atoms with E-state index in [1.54, 1.807) is 6.07 Å². The van der Waals surface area contributed by atoms with Crippen molar-refractivity contribution in [2.45, 2.75) is 51.5 Å². The molecule has 156 valence electrons. The standard InChI is InChI=1S/C25H28N2O3/c1-2-18-7-3-5-9-21(18)27-24(28)15-17-11-13-20(14-12-17)26-25(29)23-16-19-8-4-6-10-22(19)30-23/h4,6,8,10-14,16,18,21H,2-3,5,7,9,15H2,1H3,(H,26,29)(H,27,28). The Labute approximate surface area is 176 Å². The SMILES string of the molecule is CCC1CCCCC1NC(=O)Cc1ccc(NC(=O)c2cc3ccccc3o2)cc1. The van der Waals surface area contributed by atoms with Crippen molar-refractivity contribution in [2.75, 3.05) is 5.32 Å². The van der Waals surface area contributed by atoms with Crippen LogP contribution in [0.25, 0.3) is 11.0 Å². The third-order valence-corrected chi connectivity index (χ3v) is 6.01. The number of fused-ring (bicyclic) bond motifs is 1. The Bertz CT molecular complexity index is 989. The smallest absolute Gasteiger partial charge is 0.291 e. The maximum Gasteiger partial charge on any atom is 0.291 e. The number of furan rings is 1. The first-order chi connectivity index (χ1) is 14.6. The maximum absolute atomic E-state index is 12.5. The lowest BCUT2D eigenvalue weighted by Gasteiger charge is -2.31. The fourth-order valence-corrected chi connectivity index (χ4v) is 4.32. The minimum atomic E-state index is -0.292. The van der Waals surface area contributed by atoms with Crippen molar-refractivity contribution in [2.24, 2.45) is 5.92 Å². The lowest BCUT2D eigenvalue weighted by atomic mass is 9.83. The molecule has 0 radical (unpaired) electrons. The van der Waals surface area contributed by atoms with Gasteiger partial charge in [-0.15, -0.1) is 0 Å². The number of amides is 2. The molecule has 2 aromatic carbocycles. The molecule has 1 aliphatic carbocycles. The second kappa shape index (κ2) is 9.16. The highest BCUT2D eigenvalue weighted by Crippen LogP contribution is 2.27. The van der Waals surface area contributed by atoms with Crippen LogP contribution in [0.5, 0.6) is 0 Å². The number of carbonyl (C=O) groups excluding carboxylic acids is 2. The Balaban J connectivity index is 1.33. The number of hydrogen-bond donors (Lipinski definition) is 2. The maximum atomic E-state index is 12.5. The zero-order valence-corrected chi connectivity index (χ0v) is 17.3. The highest BCUT2D eigenvalue weighted by Gasteiger charge is 2.24.